The van der Waals surface area contributed by atoms with E-state index in [0.717, 1.165) is 6.42 Å². The van der Waals surface area contributed by atoms with Gasteiger partial charge in [0.05, 0.1) is 0 Å². The second-order valence-corrected chi connectivity index (χ2v) is 2.10. The molecule has 2 N–H and O–H groups in total. The molecule has 1 unspecified atom stereocenters. The van der Waals surface area contributed by atoms with Gasteiger partial charge in [0, 0.05) is 5.38 Å². The summed E-state index contributed by atoms with van der Waals surface area (Å²) in [5.74, 6) is 0. The Hall–Kier alpha value is 0.540. The van der Waals surface area contributed by atoms with E-state index in [2.05, 4.69) is 0 Å². The van der Waals surface area contributed by atoms with Crippen LogP contribution in [0.4, 0.5) is 0 Å². The van der Waals surface area contributed by atoms with Gasteiger partial charge in [0.2, 0.25) is 0 Å². The Morgan fingerprint density at radius 1 is 1.71 bits per heavy atom. The fourth-order valence-corrected chi connectivity index (χ4v) is 0.356. The summed E-state index contributed by atoms with van der Waals surface area (Å²) >= 11 is 5.50. The molecule has 0 radical (unpaired) electrons. The van der Waals surface area contributed by atoms with Crippen LogP contribution in [-0.4, -0.2) is 11.9 Å². The summed E-state index contributed by atoms with van der Waals surface area (Å²) in [5.41, 5.74) is 5.14. The maximum Gasteiger partial charge on any atom is 0.0319 e. The minimum atomic E-state index is 0. The molecule has 0 spiro atoms. The lowest BCUT2D eigenvalue weighted by atomic mass is 10.3. The van der Waals surface area contributed by atoms with Crippen molar-refractivity contribution >= 4 is 24.0 Å². The molecule has 0 saturated heterocycles. The van der Waals surface area contributed by atoms with Crippen LogP contribution in [0.5, 0.6) is 0 Å². The molecule has 3 heteroatoms. The molecule has 1 atom stereocenters. The Labute approximate surface area is 55.6 Å². The van der Waals surface area contributed by atoms with Crippen LogP contribution in [0.25, 0.3) is 0 Å². The minimum Gasteiger partial charge on any atom is -0.330 e. The van der Waals surface area contributed by atoms with Crippen molar-refractivity contribution in [3.8, 4) is 0 Å². The van der Waals surface area contributed by atoms with Crippen LogP contribution in [0.15, 0.2) is 0 Å². The number of alkyl halides is 1. The van der Waals surface area contributed by atoms with Gasteiger partial charge in [-0.3, -0.25) is 0 Å². The third kappa shape index (κ3) is 10.8. The third-order valence-electron chi connectivity index (χ3n) is 0.564. The van der Waals surface area contributed by atoms with Crippen LogP contribution < -0.4 is 5.73 Å². The summed E-state index contributed by atoms with van der Waals surface area (Å²) in [4.78, 5) is 0. The van der Waals surface area contributed by atoms with Crippen LogP contribution in [0.1, 0.15) is 13.3 Å². The fourth-order valence-electron chi connectivity index (χ4n) is 0.230. The predicted octanol–water partition coefficient (Wildman–Crippen LogP) is 1.38. The maximum atomic E-state index is 5.50. The standard InChI is InChI=1S/C4H10ClN.ClH/c1-4(5)2-3-6;/h4H,2-3,6H2,1H3;1H. The van der Waals surface area contributed by atoms with Gasteiger partial charge in [-0.15, -0.1) is 24.0 Å². The number of hydrogen-bond donors (Lipinski definition) is 1. The molecule has 0 rings (SSSR count). The summed E-state index contributed by atoms with van der Waals surface area (Å²) in [6.07, 6.45) is 0.918. The molecule has 46 valence electrons. The Bertz CT molecular complexity index is 30.9. The molecule has 0 amide bonds. The fraction of sp³-hybridized carbons (Fsp3) is 1.00. The topological polar surface area (TPSA) is 26.0 Å². The van der Waals surface area contributed by atoms with Crippen molar-refractivity contribution in [1.82, 2.24) is 0 Å². The third-order valence-corrected chi connectivity index (χ3v) is 0.783. The summed E-state index contributed by atoms with van der Waals surface area (Å²) in [7, 11) is 0. The highest BCUT2D eigenvalue weighted by molar-refractivity contribution is 6.20. The number of hydrogen-bond acceptors (Lipinski definition) is 1. The van der Waals surface area contributed by atoms with Crippen molar-refractivity contribution in [3.63, 3.8) is 0 Å². The SMILES string of the molecule is CC(Cl)CCN.Cl. The van der Waals surface area contributed by atoms with Gasteiger partial charge in [-0.2, -0.15) is 0 Å². The molecular formula is C4H11Cl2N. The van der Waals surface area contributed by atoms with Crippen molar-refractivity contribution < 1.29 is 0 Å². The predicted molar refractivity (Wildman–Crippen MR) is 36.2 cm³/mol. The van der Waals surface area contributed by atoms with Gasteiger partial charge in [-0.05, 0) is 19.9 Å². The monoisotopic (exact) mass is 143 g/mol. The van der Waals surface area contributed by atoms with Crippen molar-refractivity contribution in [2.45, 2.75) is 18.7 Å². The van der Waals surface area contributed by atoms with Gasteiger partial charge < -0.3 is 5.73 Å². The van der Waals surface area contributed by atoms with E-state index in [0.29, 0.717) is 6.54 Å². The van der Waals surface area contributed by atoms with E-state index in [1.807, 2.05) is 6.92 Å². The van der Waals surface area contributed by atoms with Crippen molar-refractivity contribution in [1.29, 1.82) is 0 Å². The highest BCUT2D eigenvalue weighted by atomic mass is 35.5. The highest BCUT2D eigenvalue weighted by Crippen LogP contribution is 1.95. The first-order valence-corrected chi connectivity index (χ1v) is 2.55. The van der Waals surface area contributed by atoms with E-state index < -0.39 is 0 Å². The molecule has 0 aliphatic carbocycles. The Morgan fingerprint density at radius 2 is 2.14 bits per heavy atom. The lowest BCUT2D eigenvalue weighted by molar-refractivity contribution is 0.815. The molecule has 0 aliphatic rings. The first-order valence-electron chi connectivity index (χ1n) is 2.11. The van der Waals surface area contributed by atoms with Crippen LogP contribution in [0.3, 0.4) is 0 Å². The van der Waals surface area contributed by atoms with Gasteiger partial charge in [0.15, 0.2) is 0 Å². The molecule has 1 nitrogen and oxygen atoms in total. The zero-order chi connectivity index (χ0) is 4.99. The molecule has 0 aromatic rings. The van der Waals surface area contributed by atoms with E-state index in [-0.39, 0.29) is 17.8 Å². The van der Waals surface area contributed by atoms with E-state index >= 15 is 0 Å². The van der Waals surface area contributed by atoms with E-state index in [4.69, 9.17) is 17.3 Å². The number of rotatable bonds is 2. The molecule has 7 heavy (non-hydrogen) atoms. The van der Waals surface area contributed by atoms with Gasteiger partial charge in [-0.1, -0.05) is 0 Å². The van der Waals surface area contributed by atoms with E-state index in [1.165, 1.54) is 0 Å². The molecule has 0 heterocycles. The first-order chi connectivity index (χ1) is 2.77. The Kier molecular flexibility index (Phi) is 9.82. The Balaban J connectivity index is 0. The lowest BCUT2D eigenvalue weighted by Gasteiger charge is -1.93. The zero-order valence-corrected chi connectivity index (χ0v) is 5.93. The first kappa shape index (κ1) is 10.5. The number of nitrogens with two attached hydrogens (primary N) is 1. The van der Waals surface area contributed by atoms with Crippen molar-refractivity contribution in [3.05, 3.63) is 0 Å². The van der Waals surface area contributed by atoms with Crippen molar-refractivity contribution in [2.75, 3.05) is 6.54 Å². The van der Waals surface area contributed by atoms with Crippen LogP contribution in [0, 0.1) is 0 Å². The second-order valence-electron chi connectivity index (χ2n) is 1.36. The highest BCUT2D eigenvalue weighted by Gasteiger charge is 1.88. The summed E-state index contributed by atoms with van der Waals surface area (Å²) in [5, 5.41) is 0.245. The zero-order valence-electron chi connectivity index (χ0n) is 4.36. The van der Waals surface area contributed by atoms with Crippen LogP contribution >= 0.6 is 24.0 Å². The molecular weight excluding hydrogens is 133 g/mol. The van der Waals surface area contributed by atoms with E-state index in [9.17, 15) is 0 Å². The maximum absolute atomic E-state index is 5.50. The smallest absolute Gasteiger partial charge is 0.0319 e. The van der Waals surface area contributed by atoms with Crippen molar-refractivity contribution in [2.24, 2.45) is 5.73 Å². The van der Waals surface area contributed by atoms with Crippen LogP contribution in [0.2, 0.25) is 0 Å². The van der Waals surface area contributed by atoms with E-state index in [1.54, 1.807) is 0 Å². The van der Waals surface area contributed by atoms with Crippen LogP contribution in [-0.2, 0) is 0 Å². The average Bonchev–Trinajstić information content (AvgIpc) is 1.35. The largest absolute Gasteiger partial charge is 0.330 e. The van der Waals surface area contributed by atoms with Gasteiger partial charge in [-0.25, -0.2) is 0 Å². The molecule has 0 fully saturated rings. The Morgan fingerprint density at radius 3 is 2.14 bits per heavy atom. The normalized spacial score (nSPS) is 12.4. The molecule has 0 bridgehead atoms. The quantitative estimate of drug-likeness (QED) is 0.582. The van der Waals surface area contributed by atoms with Gasteiger partial charge >= 0.3 is 0 Å². The molecule has 0 saturated carbocycles. The molecule has 0 aromatic heterocycles. The summed E-state index contributed by atoms with van der Waals surface area (Å²) in [6.45, 7) is 2.64. The molecule has 0 aliphatic heterocycles. The summed E-state index contributed by atoms with van der Waals surface area (Å²) in [6, 6.07) is 0. The second kappa shape index (κ2) is 6.54. The molecule has 0 aromatic carbocycles. The van der Waals surface area contributed by atoms with Gasteiger partial charge in [0.1, 0.15) is 0 Å². The summed E-state index contributed by atoms with van der Waals surface area (Å²) < 4.78 is 0. The minimum absolute atomic E-state index is 0. The average molecular weight is 144 g/mol. The lowest BCUT2D eigenvalue weighted by Crippen LogP contribution is -2.03. The number of halogens is 2. The van der Waals surface area contributed by atoms with Gasteiger partial charge in [0.25, 0.3) is 0 Å².